The largest absolute Gasteiger partial charge is 0.488 e. The second-order valence-electron chi connectivity index (χ2n) is 18.6. The predicted octanol–water partition coefficient (Wildman–Crippen LogP) is 10.9. The zero-order valence-corrected chi connectivity index (χ0v) is 42.7. The van der Waals surface area contributed by atoms with Gasteiger partial charge in [0, 0.05) is 104 Å². The molecule has 0 amide bonds. The van der Waals surface area contributed by atoms with Crippen molar-refractivity contribution in [1.29, 1.82) is 5.26 Å². The molecular formula is C57H58Cl2N6O8. The summed E-state index contributed by atoms with van der Waals surface area (Å²) < 4.78 is 25.8. The number of piperidine rings is 2. The molecule has 2 N–H and O–H groups in total. The lowest BCUT2D eigenvalue weighted by atomic mass is 9.92. The summed E-state index contributed by atoms with van der Waals surface area (Å²) in [4.78, 5) is 40.6. The molecule has 0 bridgehead atoms. The molecule has 0 saturated carbocycles. The number of carboxylic acids is 2. The number of nitrogens with zero attached hydrogens (tertiary/aromatic N) is 6. The van der Waals surface area contributed by atoms with Crippen LogP contribution in [0.2, 0.25) is 10.0 Å². The fourth-order valence-corrected chi connectivity index (χ4v) is 9.98. The van der Waals surface area contributed by atoms with Gasteiger partial charge in [0.05, 0.1) is 27.4 Å². The van der Waals surface area contributed by atoms with Crippen molar-refractivity contribution >= 4 is 41.4 Å². The van der Waals surface area contributed by atoms with Crippen LogP contribution in [-0.4, -0.2) is 81.4 Å². The number of carbonyl (C=O) groups is 2. The molecule has 2 atom stereocenters. The number of aliphatic imine (C=N–C) groups is 1. The first-order chi connectivity index (χ1) is 35.3. The Labute approximate surface area is 435 Å². The number of ether oxygens (including phenoxy) is 4. The zero-order chi connectivity index (χ0) is 51.4. The van der Waals surface area contributed by atoms with Gasteiger partial charge in [0.25, 0.3) is 0 Å². The monoisotopic (exact) mass is 1020 g/mol. The molecule has 0 radical (unpaired) electrons. The van der Waals surface area contributed by atoms with Crippen molar-refractivity contribution in [2.45, 2.75) is 79.0 Å². The number of hydrogen-bond donors (Lipinski definition) is 2. The molecule has 16 heteroatoms. The highest BCUT2D eigenvalue weighted by Gasteiger charge is 2.28. The third kappa shape index (κ3) is 13.5. The Balaban J connectivity index is 0.994. The summed E-state index contributed by atoms with van der Waals surface area (Å²) in [5.74, 6) is -0.452. The topological polar surface area (TPSA) is 180 Å². The fraction of sp³-hybridized carbons (Fsp3) is 0.333. The van der Waals surface area contributed by atoms with Gasteiger partial charge in [-0.1, -0.05) is 59.6 Å². The van der Waals surface area contributed by atoms with Gasteiger partial charge in [-0.15, -0.1) is 0 Å². The zero-order valence-electron chi connectivity index (χ0n) is 41.2. The van der Waals surface area contributed by atoms with Crippen molar-refractivity contribution in [3.8, 4) is 40.2 Å². The number of halogens is 2. The van der Waals surface area contributed by atoms with Crippen LogP contribution in [0.1, 0.15) is 81.3 Å². The van der Waals surface area contributed by atoms with Crippen LogP contribution in [0.25, 0.3) is 11.1 Å². The van der Waals surface area contributed by atoms with E-state index in [9.17, 15) is 25.1 Å². The summed E-state index contributed by atoms with van der Waals surface area (Å²) in [5, 5.41) is 29.7. The standard InChI is InChI=1S/C57H58Cl2N6O8/c1-36-44(34-72-54-20-52(70-32-40-16-38(22-60)24-62-26-40)46(18-50(54)58)30-64-14-6-10-42(28-64)56(66)67)8-4-12-48(36)49-13-5-9-45(37(49)2)35-73-55-21-53(71-33-41-17-39(23-61-3)25-63-27-41)47(19-51(55)59)31-65-15-7-11-43(29-65)57(68)69/h4-5,8-9,12-13,16-21,23-27,42-43H,6-7,10-11,14-15,28-35H2,1-3H3,(H,66,67)(H,68,69)/t42-,43-/m0/s1. The predicted molar refractivity (Wildman–Crippen MR) is 280 cm³/mol. The fourth-order valence-electron chi connectivity index (χ4n) is 9.50. The molecule has 2 saturated heterocycles. The Morgan fingerprint density at radius 3 is 1.63 bits per heavy atom. The minimum atomic E-state index is -0.798. The molecule has 0 spiro atoms. The van der Waals surface area contributed by atoms with Gasteiger partial charge in [0.1, 0.15) is 55.5 Å². The summed E-state index contributed by atoms with van der Waals surface area (Å²) in [6, 6.07) is 25.4. The van der Waals surface area contributed by atoms with E-state index in [1.165, 1.54) is 6.20 Å². The van der Waals surface area contributed by atoms with Gasteiger partial charge in [-0.3, -0.25) is 34.3 Å². The molecule has 378 valence electrons. The highest BCUT2D eigenvalue weighted by Crippen LogP contribution is 2.39. The maximum atomic E-state index is 11.9. The van der Waals surface area contributed by atoms with Crippen LogP contribution in [0.15, 0.2) is 103 Å². The van der Waals surface area contributed by atoms with Crippen LogP contribution in [0, 0.1) is 37.0 Å². The Hall–Kier alpha value is -7.02. The Kier molecular flexibility index (Phi) is 17.6. The maximum absolute atomic E-state index is 11.9. The smallest absolute Gasteiger partial charge is 0.307 e. The van der Waals surface area contributed by atoms with Gasteiger partial charge in [-0.2, -0.15) is 5.26 Å². The molecule has 0 unspecified atom stereocenters. The van der Waals surface area contributed by atoms with E-state index < -0.39 is 23.8 Å². The van der Waals surface area contributed by atoms with E-state index in [1.54, 1.807) is 44.0 Å². The lowest BCUT2D eigenvalue weighted by molar-refractivity contribution is -0.144. The number of nitriles is 1. The molecule has 73 heavy (non-hydrogen) atoms. The molecule has 14 nitrogen and oxygen atoms in total. The second kappa shape index (κ2) is 24.6. The first kappa shape index (κ1) is 52.3. The quantitative estimate of drug-likeness (QED) is 0.0691. The molecule has 4 aromatic carbocycles. The lowest BCUT2D eigenvalue weighted by Gasteiger charge is -2.31. The average molecular weight is 1030 g/mol. The van der Waals surface area contributed by atoms with Crippen LogP contribution in [0.4, 0.5) is 0 Å². The van der Waals surface area contributed by atoms with Gasteiger partial charge in [-0.05, 0) is 110 Å². The third-order valence-electron chi connectivity index (χ3n) is 13.5. The minimum absolute atomic E-state index is 0.147. The van der Waals surface area contributed by atoms with E-state index in [0.717, 1.165) is 87.1 Å². The number of pyridine rings is 2. The van der Waals surface area contributed by atoms with Crippen molar-refractivity contribution in [3.63, 3.8) is 0 Å². The normalized spacial score (nSPS) is 16.2. The number of likely N-dealkylation sites (tertiary alicyclic amines) is 2. The SMILES string of the molecule is CN=Cc1cncc(COc2cc(OCc3cccc(-c4cccc(COc5cc(OCc6cncc(C#N)c6)c(CN6CCC[C@H](C(=O)O)C6)cc5Cl)c4C)c3C)c(Cl)cc2CN2CCC[C@H](C(=O)O)C2)c1. The van der Waals surface area contributed by atoms with E-state index >= 15 is 0 Å². The Morgan fingerprint density at radius 1 is 0.671 bits per heavy atom. The van der Waals surface area contributed by atoms with Crippen molar-refractivity contribution < 1.29 is 38.7 Å². The number of hydrogen-bond acceptors (Lipinski definition) is 12. The number of aliphatic carboxylic acids is 2. The van der Waals surface area contributed by atoms with Crippen molar-refractivity contribution in [2.75, 3.05) is 33.2 Å². The summed E-state index contributed by atoms with van der Waals surface area (Å²) in [7, 11) is 1.71. The van der Waals surface area contributed by atoms with Crippen LogP contribution in [-0.2, 0) is 49.1 Å². The molecule has 2 fully saturated rings. The molecule has 6 aromatic rings. The van der Waals surface area contributed by atoms with Crippen molar-refractivity contribution in [3.05, 3.63) is 163 Å². The van der Waals surface area contributed by atoms with Gasteiger partial charge < -0.3 is 29.2 Å². The van der Waals surface area contributed by atoms with Crippen LogP contribution >= 0.6 is 23.2 Å². The summed E-state index contributed by atoms with van der Waals surface area (Å²) in [5.41, 5.74) is 10.5. The minimum Gasteiger partial charge on any atom is -0.488 e. The number of aromatic nitrogens is 2. The van der Waals surface area contributed by atoms with Crippen molar-refractivity contribution in [2.24, 2.45) is 16.8 Å². The average Bonchev–Trinajstić information content (AvgIpc) is 3.39. The first-order valence-corrected chi connectivity index (χ1v) is 25.0. The van der Waals surface area contributed by atoms with Crippen LogP contribution < -0.4 is 18.9 Å². The second-order valence-corrected chi connectivity index (χ2v) is 19.5. The molecular weight excluding hydrogens is 968 g/mol. The highest BCUT2D eigenvalue weighted by atomic mass is 35.5. The van der Waals surface area contributed by atoms with Crippen LogP contribution in [0.3, 0.4) is 0 Å². The van der Waals surface area contributed by atoms with E-state index in [1.807, 2.05) is 48.5 Å². The molecule has 2 aliphatic rings. The molecule has 4 heterocycles. The van der Waals surface area contributed by atoms with E-state index in [2.05, 4.69) is 56.8 Å². The molecule has 2 aromatic heterocycles. The summed E-state index contributed by atoms with van der Waals surface area (Å²) in [6.07, 6.45) is 11.2. The Morgan fingerprint density at radius 2 is 1.15 bits per heavy atom. The molecule has 8 rings (SSSR count). The van der Waals surface area contributed by atoms with E-state index in [0.29, 0.717) is 77.6 Å². The van der Waals surface area contributed by atoms with Gasteiger partial charge in [0.2, 0.25) is 0 Å². The number of carboxylic acid groups (broad SMARTS) is 2. The van der Waals surface area contributed by atoms with Crippen molar-refractivity contribution in [1.82, 2.24) is 19.8 Å². The number of rotatable bonds is 20. The molecule has 0 aliphatic carbocycles. The highest BCUT2D eigenvalue weighted by molar-refractivity contribution is 6.32. The lowest BCUT2D eigenvalue weighted by Crippen LogP contribution is -2.38. The van der Waals surface area contributed by atoms with E-state index in [-0.39, 0.29) is 26.4 Å². The van der Waals surface area contributed by atoms with Gasteiger partial charge in [-0.25, -0.2) is 0 Å². The maximum Gasteiger partial charge on any atom is 0.307 e. The summed E-state index contributed by atoms with van der Waals surface area (Å²) >= 11 is 13.9. The van der Waals surface area contributed by atoms with Crippen LogP contribution in [0.5, 0.6) is 23.0 Å². The first-order valence-electron chi connectivity index (χ1n) is 24.3. The third-order valence-corrected chi connectivity index (χ3v) is 14.1. The summed E-state index contributed by atoms with van der Waals surface area (Å²) in [6.45, 7) is 8.26. The Bertz CT molecular complexity index is 3030. The van der Waals surface area contributed by atoms with Gasteiger partial charge in [0.15, 0.2) is 0 Å². The number of benzene rings is 4. The van der Waals surface area contributed by atoms with Gasteiger partial charge >= 0.3 is 11.9 Å². The molecule has 2 aliphatic heterocycles. The van der Waals surface area contributed by atoms with E-state index in [4.69, 9.17) is 42.1 Å².